The summed E-state index contributed by atoms with van der Waals surface area (Å²) in [6.07, 6.45) is 0. The van der Waals surface area contributed by atoms with Gasteiger partial charge in [0.05, 0.1) is 6.61 Å². The minimum absolute atomic E-state index is 0.208. The van der Waals surface area contributed by atoms with E-state index in [4.69, 9.17) is 18.6 Å². The number of furan rings is 1. The predicted octanol–water partition coefficient (Wildman–Crippen LogP) is 3.15. The van der Waals surface area contributed by atoms with E-state index in [0.29, 0.717) is 42.3 Å². The van der Waals surface area contributed by atoms with Crippen LogP contribution in [0.4, 0.5) is 0 Å². The molecule has 1 aliphatic heterocycles. The number of ether oxygens (including phenoxy) is 3. The van der Waals surface area contributed by atoms with Gasteiger partial charge in [0, 0.05) is 32.0 Å². The second-order valence-corrected chi connectivity index (χ2v) is 6.35. The van der Waals surface area contributed by atoms with Crippen LogP contribution in [0.15, 0.2) is 40.8 Å². The molecule has 1 amide bonds. The zero-order valence-electron chi connectivity index (χ0n) is 15.2. The van der Waals surface area contributed by atoms with Gasteiger partial charge in [-0.05, 0) is 36.8 Å². The lowest BCUT2D eigenvalue weighted by atomic mass is 10.2. The molecule has 0 radical (unpaired) electrons. The highest BCUT2D eigenvalue weighted by Crippen LogP contribution is 2.33. The first-order valence-corrected chi connectivity index (χ1v) is 8.68. The van der Waals surface area contributed by atoms with Crippen molar-refractivity contribution in [1.82, 2.24) is 9.88 Å². The summed E-state index contributed by atoms with van der Waals surface area (Å²) < 4.78 is 21.6. The van der Waals surface area contributed by atoms with Crippen LogP contribution in [0.2, 0.25) is 0 Å². The number of hydrogen-bond donors (Lipinski definition) is 0. The van der Waals surface area contributed by atoms with Gasteiger partial charge >= 0.3 is 0 Å². The Hall–Kier alpha value is -3.06. The summed E-state index contributed by atoms with van der Waals surface area (Å²) in [4.78, 5) is 19.1. The number of amides is 1. The van der Waals surface area contributed by atoms with Crippen LogP contribution in [0, 0.1) is 6.92 Å². The Labute approximate surface area is 156 Å². The van der Waals surface area contributed by atoms with Crippen molar-refractivity contribution >= 4 is 17.0 Å². The van der Waals surface area contributed by atoms with Gasteiger partial charge < -0.3 is 23.5 Å². The highest BCUT2D eigenvalue weighted by Gasteiger charge is 2.22. The van der Waals surface area contributed by atoms with Gasteiger partial charge in [-0.1, -0.05) is 6.07 Å². The van der Waals surface area contributed by atoms with Crippen LogP contribution in [-0.2, 0) is 11.3 Å². The van der Waals surface area contributed by atoms with Crippen LogP contribution in [0.1, 0.15) is 21.8 Å². The lowest BCUT2D eigenvalue weighted by Gasteiger charge is -2.21. The van der Waals surface area contributed by atoms with E-state index in [-0.39, 0.29) is 18.5 Å². The second kappa shape index (κ2) is 7.28. The van der Waals surface area contributed by atoms with Crippen molar-refractivity contribution in [2.45, 2.75) is 13.5 Å². The van der Waals surface area contributed by atoms with E-state index >= 15 is 0 Å². The number of benzene rings is 1. The third-order valence-corrected chi connectivity index (χ3v) is 4.39. The standard InChI is InChI=1S/C20H20N2O5/c1-13-3-5-16-15(21-13)10-19(27-16)20(23)22(7-8-24-2)11-14-4-6-17-18(9-14)26-12-25-17/h3-6,9-10H,7-8,11-12H2,1-2H3. The van der Waals surface area contributed by atoms with Crippen molar-refractivity contribution < 1.29 is 23.4 Å². The largest absolute Gasteiger partial charge is 0.454 e. The fourth-order valence-corrected chi connectivity index (χ4v) is 3.00. The molecule has 7 nitrogen and oxygen atoms in total. The van der Waals surface area contributed by atoms with Crippen molar-refractivity contribution in [1.29, 1.82) is 0 Å². The molecule has 3 heterocycles. The molecule has 2 aromatic heterocycles. The molecule has 0 spiro atoms. The molecule has 1 aromatic carbocycles. The number of carbonyl (C=O) groups is 1. The van der Waals surface area contributed by atoms with Gasteiger partial charge in [-0.2, -0.15) is 0 Å². The maximum Gasteiger partial charge on any atom is 0.290 e. The number of aryl methyl sites for hydroxylation is 1. The Bertz CT molecular complexity index is 982. The molecule has 0 aliphatic carbocycles. The third kappa shape index (κ3) is 3.59. The average molecular weight is 368 g/mol. The van der Waals surface area contributed by atoms with Crippen molar-refractivity contribution in [3.8, 4) is 11.5 Å². The smallest absolute Gasteiger partial charge is 0.290 e. The van der Waals surface area contributed by atoms with E-state index in [1.54, 1.807) is 18.1 Å². The SMILES string of the molecule is COCCN(Cc1ccc2c(c1)OCO2)C(=O)c1cc2nc(C)ccc2o1. The number of aromatic nitrogens is 1. The van der Waals surface area contributed by atoms with Crippen molar-refractivity contribution in [3.63, 3.8) is 0 Å². The molecule has 3 aromatic rings. The van der Waals surface area contributed by atoms with Crippen LogP contribution in [0.3, 0.4) is 0 Å². The minimum atomic E-state index is -0.208. The number of fused-ring (bicyclic) bond motifs is 2. The predicted molar refractivity (Wildman–Crippen MR) is 97.9 cm³/mol. The zero-order chi connectivity index (χ0) is 18.8. The number of nitrogens with zero attached hydrogens (tertiary/aromatic N) is 2. The summed E-state index contributed by atoms with van der Waals surface area (Å²) in [5, 5.41) is 0. The van der Waals surface area contributed by atoms with E-state index in [0.717, 1.165) is 11.3 Å². The molecule has 1 aliphatic rings. The van der Waals surface area contributed by atoms with Gasteiger partial charge in [-0.3, -0.25) is 4.79 Å². The molecule has 27 heavy (non-hydrogen) atoms. The summed E-state index contributed by atoms with van der Waals surface area (Å²) in [5.74, 6) is 1.46. The van der Waals surface area contributed by atoms with Gasteiger partial charge in [0.25, 0.3) is 5.91 Å². The fourth-order valence-electron chi connectivity index (χ4n) is 3.00. The molecular formula is C20H20N2O5. The van der Waals surface area contributed by atoms with Crippen LogP contribution in [0.25, 0.3) is 11.1 Å². The Morgan fingerprint density at radius 2 is 2.04 bits per heavy atom. The maximum atomic E-state index is 13.0. The molecule has 140 valence electrons. The average Bonchev–Trinajstić information content (AvgIpc) is 3.30. The molecule has 0 N–H and O–H groups in total. The number of pyridine rings is 1. The molecule has 0 unspecified atom stereocenters. The topological polar surface area (TPSA) is 74.0 Å². The minimum Gasteiger partial charge on any atom is -0.454 e. The van der Waals surface area contributed by atoms with E-state index in [1.165, 1.54) is 0 Å². The maximum absolute atomic E-state index is 13.0. The van der Waals surface area contributed by atoms with E-state index < -0.39 is 0 Å². The Morgan fingerprint density at radius 3 is 2.89 bits per heavy atom. The highest BCUT2D eigenvalue weighted by molar-refractivity contribution is 5.95. The molecule has 0 saturated carbocycles. The molecule has 0 saturated heterocycles. The van der Waals surface area contributed by atoms with Crippen LogP contribution in [-0.4, -0.2) is 42.8 Å². The zero-order valence-corrected chi connectivity index (χ0v) is 15.2. The lowest BCUT2D eigenvalue weighted by Crippen LogP contribution is -2.33. The highest BCUT2D eigenvalue weighted by atomic mass is 16.7. The Kier molecular flexibility index (Phi) is 4.68. The van der Waals surface area contributed by atoms with Gasteiger partial charge in [0.15, 0.2) is 22.8 Å². The van der Waals surface area contributed by atoms with Crippen LogP contribution >= 0.6 is 0 Å². The number of carbonyl (C=O) groups excluding carboxylic acids is 1. The fraction of sp³-hybridized carbons (Fsp3) is 0.300. The van der Waals surface area contributed by atoms with Gasteiger partial charge in [0.1, 0.15) is 5.52 Å². The number of methoxy groups -OCH3 is 1. The van der Waals surface area contributed by atoms with Crippen molar-refractivity contribution in [3.05, 3.63) is 53.4 Å². The molecule has 7 heteroatoms. The van der Waals surface area contributed by atoms with E-state index in [9.17, 15) is 4.79 Å². The Morgan fingerprint density at radius 1 is 1.19 bits per heavy atom. The third-order valence-electron chi connectivity index (χ3n) is 4.39. The Balaban J connectivity index is 1.59. The summed E-state index contributed by atoms with van der Waals surface area (Å²) in [5.41, 5.74) is 3.08. The summed E-state index contributed by atoms with van der Waals surface area (Å²) in [7, 11) is 1.61. The first-order chi connectivity index (χ1) is 13.1. The monoisotopic (exact) mass is 368 g/mol. The normalized spacial score (nSPS) is 12.5. The van der Waals surface area contributed by atoms with Gasteiger partial charge in [-0.25, -0.2) is 4.98 Å². The molecular weight excluding hydrogens is 348 g/mol. The van der Waals surface area contributed by atoms with Crippen molar-refractivity contribution in [2.24, 2.45) is 0 Å². The molecule has 0 fully saturated rings. The van der Waals surface area contributed by atoms with E-state index in [2.05, 4.69) is 4.98 Å². The van der Waals surface area contributed by atoms with Gasteiger partial charge in [-0.15, -0.1) is 0 Å². The van der Waals surface area contributed by atoms with E-state index in [1.807, 2.05) is 37.3 Å². The first kappa shape index (κ1) is 17.4. The summed E-state index contributed by atoms with van der Waals surface area (Å²) in [6.45, 7) is 3.39. The summed E-state index contributed by atoms with van der Waals surface area (Å²) >= 11 is 0. The number of rotatable bonds is 6. The van der Waals surface area contributed by atoms with Crippen molar-refractivity contribution in [2.75, 3.05) is 27.1 Å². The second-order valence-electron chi connectivity index (χ2n) is 6.35. The molecule has 4 rings (SSSR count). The van der Waals surface area contributed by atoms with Gasteiger partial charge in [0.2, 0.25) is 6.79 Å². The molecule has 0 atom stereocenters. The first-order valence-electron chi connectivity index (χ1n) is 8.68. The van der Waals surface area contributed by atoms with Crippen LogP contribution in [0.5, 0.6) is 11.5 Å². The summed E-state index contributed by atoms with van der Waals surface area (Å²) in [6, 6.07) is 11.0. The quantitative estimate of drug-likeness (QED) is 0.665. The lowest BCUT2D eigenvalue weighted by molar-refractivity contribution is 0.0651. The van der Waals surface area contributed by atoms with Crippen LogP contribution < -0.4 is 9.47 Å². The number of hydrogen-bond acceptors (Lipinski definition) is 6. The molecule has 0 bridgehead atoms.